The second-order valence-corrected chi connectivity index (χ2v) is 6.75. The van der Waals surface area contributed by atoms with Crippen LogP contribution in [0, 0.1) is 12.8 Å². The first kappa shape index (κ1) is 14.6. The Balaban J connectivity index is 2.91. The molecule has 0 saturated carbocycles. The van der Waals surface area contributed by atoms with Crippen LogP contribution < -0.4 is 5.73 Å². The first-order valence-electron chi connectivity index (χ1n) is 6.40. The van der Waals surface area contributed by atoms with E-state index in [1.165, 1.54) is 11.1 Å². The van der Waals surface area contributed by atoms with Crippen molar-refractivity contribution >= 4 is 11.8 Å². The first-order chi connectivity index (χ1) is 7.93. The van der Waals surface area contributed by atoms with E-state index < -0.39 is 0 Å². The van der Waals surface area contributed by atoms with Crippen LogP contribution in [0.15, 0.2) is 24.3 Å². The van der Waals surface area contributed by atoms with Crippen LogP contribution in [-0.4, -0.2) is 11.3 Å². The fourth-order valence-corrected chi connectivity index (χ4v) is 3.21. The lowest BCUT2D eigenvalue weighted by atomic mass is 10.0. The summed E-state index contributed by atoms with van der Waals surface area (Å²) in [6.07, 6.45) is 0. The van der Waals surface area contributed by atoms with E-state index in [1.54, 1.807) is 0 Å². The zero-order valence-corrected chi connectivity index (χ0v) is 12.4. The van der Waals surface area contributed by atoms with Crippen molar-refractivity contribution in [1.29, 1.82) is 0 Å². The SMILES string of the molecule is Cc1ccccc1C(SC(C)C(C)C)C(C)N. The zero-order chi connectivity index (χ0) is 13.0. The standard InChI is InChI=1S/C15H25NS/c1-10(2)13(5)17-15(12(4)16)14-9-7-6-8-11(14)3/h6-10,12-13,15H,16H2,1-5H3. The molecule has 1 aromatic carbocycles. The molecule has 1 rings (SSSR count). The number of aryl methyl sites for hydroxylation is 1. The van der Waals surface area contributed by atoms with Crippen molar-refractivity contribution in [2.24, 2.45) is 11.7 Å². The van der Waals surface area contributed by atoms with Gasteiger partial charge in [0.25, 0.3) is 0 Å². The van der Waals surface area contributed by atoms with Gasteiger partial charge in [-0.1, -0.05) is 45.0 Å². The molecule has 0 aliphatic carbocycles. The van der Waals surface area contributed by atoms with Gasteiger partial charge in [-0.3, -0.25) is 0 Å². The number of thioether (sulfide) groups is 1. The summed E-state index contributed by atoms with van der Waals surface area (Å²) in [5.41, 5.74) is 8.90. The van der Waals surface area contributed by atoms with Crippen molar-refractivity contribution in [1.82, 2.24) is 0 Å². The Morgan fingerprint density at radius 3 is 2.12 bits per heavy atom. The van der Waals surface area contributed by atoms with Gasteiger partial charge in [0.05, 0.1) is 0 Å². The molecule has 3 atom stereocenters. The molecule has 0 aliphatic heterocycles. The van der Waals surface area contributed by atoms with Gasteiger partial charge in [0.1, 0.15) is 0 Å². The van der Waals surface area contributed by atoms with Crippen LogP contribution >= 0.6 is 11.8 Å². The Hall–Kier alpha value is -0.470. The van der Waals surface area contributed by atoms with E-state index in [2.05, 4.69) is 58.9 Å². The molecule has 0 amide bonds. The van der Waals surface area contributed by atoms with E-state index in [1.807, 2.05) is 11.8 Å². The third-order valence-corrected chi connectivity index (χ3v) is 5.22. The molecular weight excluding hydrogens is 226 g/mol. The maximum atomic E-state index is 6.17. The summed E-state index contributed by atoms with van der Waals surface area (Å²) in [6.45, 7) is 11.1. The topological polar surface area (TPSA) is 26.0 Å². The van der Waals surface area contributed by atoms with E-state index in [0.29, 0.717) is 16.4 Å². The molecule has 1 aromatic rings. The normalized spacial score (nSPS) is 16.9. The number of nitrogens with two attached hydrogens (primary N) is 1. The van der Waals surface area contributed by atoms with Crippen LogP contribution in [0.3, 0.4) is 0 Å². The lowest BCUT2D eigenvalue weighted by Crippen LogP contribution is -2.25. The monoisotopic (exact) mass is 251 g/mol. The van der Waals surface area contributed by atoms with Crippen LogP contribution in [0.4, 0.5) is 0 Å². The Labute approximate surface area is 110 Å². The summed E-state index contributed by atoms with van der Waals surface area (Å²) < 4.78 is 0. The van der Waals surface area contributed by atoms with E-state index in [0.717, 1.165) is 0 Å². The lowest BCUT2D eigenvalue weighted by Gasteiger charge is -2.27. The minimum atomic E-state index is 0.183. The zero-order valence-electron chi connectivity index (χ0n) is 11.6. The summed E-state index contributed by atoms with van der Waals surface area (Å²) in [4.78, 5) is 0. The number of hydrogen-bond acceptors (Lipinski definition) is 2. The second kappa shape index (κ2) is 6.46. The maximum absolute atomic E-state index is 6.17. The van der Waals surface area contributed by atoms with Gasteiger partial charge in [0.15, 0.2) is 0 Å². The average Bonchev–Trinajstić information content (AvgIpc) is 2.26. The van der Waals surface area contributed by atoms with Gasteiger partial charge in [0, 0.05) is 16.5 Å². The van der Waals surface area contributed by atoms with Gasteiger partial charge in [-0.15, -0.1) is 11.8 Å². The summed E-state index contributed by atoms with van der Waals surface area (Å²) in [5.74, 6) is 0.685. The van der Waals surface area contributed by atoms with Crippen LogP contribution in [-0.2, 0) is 0 Å². The van der Waals surface area contributed by atoms with Crippen molar-refractivity contribution in [2.45, 2.75) is 51.2 Å². The molecule has 3 unspecified atom stereocenters. The minimum absolute atomic E-state index is 0.183. The van der Waals surface area contributed by atoms with E-state index >= 15 is 0 Å². The smallest absolute Gasteiger partial charge is 0.0451 e. The van der Waals surface area contributed by atoms with Crippen molar-refractivity contribution in [3.8, 4) is 0 Å². The Bertz CT molecular complexity index is 347. The molecule has 17 heavy (non-hydrogen) atoms. The molecule has 0 bridgehead atoms. The van der Waals surface area contributed by atoms with E-state index in [9.17, 15) is 0 Å². The predicted molar refractivity (Wildman–Crippen MR) is 79.5 cm³/mol. The molecule has 0 aliphatic rings. The molecule has 0 heterocycles. The molecule has 2 heteroatoms. The lowest BCUT2D eigenvalue weighted by molar-refractivity contribution is 0.631. The third kappa shape index (κ3) is 4.04. The second-order valence-electron chi connectivity index (χ2n) is 5.22. The highest BCUT2D eigenvalue weighted by Crippen LogP contribution is 2.38. The number of hydrogen-bond donors (Lipinski definition) is 1. The van der Waals surface area contributed by atoms with Gasteiger partial charge >= 0.3 is 0 Å². The fourth-order valence-electron chi connectivity index (χ4n) is 1.77. The molecule has 0 saturated heterocycles. The summed E-state index contributed by atoms with van der Waals surface area (Å²) in [6, 6.07) is 8.77. The van der Waals surface area contributed by atoms with Crippen molar-refractivity contribution in [3.63, 3.8) is 0 Å². The van der Waals surface area contributed by atoms with Gasteiger partial charge in [-0.05, 0) is 30.9 Å². The molecule has 0 fully saturated rings. The van der Waals surface area contributed by atoms with Gasteiger partial charge in [-0.2, -0.15) is 0 Å². The van der Waals surface area contributed by atoms with Crippen LogP contribution in [0.2, 0.25) is 0 Å². The quantitative estimate of drug-likeness (QED) is 0.850. The third-order valence-electron chi connectivity index (χ3n) is 3.27. The van der Waals surface area contributed by atoms with E-state index in [4.69, 9.17) is 5.73 Å². The summed E-state index contributed by atoms with van der Waals surface area (Å²) in [7, 11) is 0. The van der Waals surface area contributed by atoms with Crippen LogP contribution in [0.1, 0.15) is 44.1 Å². The first-order valence-corrected chi connectivity index (χ1v) is 7.34. The average molecular weight is 251 g/mol. The van der Waals surface area contributed by atoms with Crippen LogP contribution in [0.5, 0.6) is 0 Å². The highest BCUT2D eigenvalue weighted by Gasteiger charge is 2.22. The summed E-state index contributed by atoms with van der Waals surface area (Å²) in [5, 5.41) is 1.03. The van der Waals surface area contributed by atoms with E-state index in [-0.39, 0.29) is 6.04 Å². The van der Waals surface area contributed by atoms with Gasteiger partial charge in [0.2, 0.25) is 0 Å². The molecule has 0 spiro atoms. The van der Waals surface area contributed by atoms with Gasteiger partial charge in [-0.25, -0.2) is 0 Å². The summed E-state index contributed by atoms with van der Waals surface area (Å²) >= 11 is 2.00. The van der Waals surface area contributed by atoms with Crippen molar-refractivity contribution < 1.29 is 0 Å². The molecular formula is C15H25NS. The Morgan fingerprint density at radius 1 is 1.06 bits per heavy atom. The highest BCUT2D eigenvalue weighted by atomic mass is 32.2. The highest BCUT2D eigenvalue weighted by molar-refractivity contribution is 8.00. The van der Waals surface area contributed by atoms with Gasteiger partial charge < -0.3 is 5.73 Å². The minimum Gasteiger partial charge on any atom is -0.327 e. The fraction of sp³-hybridized carbons (Fsp3) is 0.600. The molecule has 2 N–H and O–H groups in total. The van der Waals surface area contributed by atoms with Crippen molar-refractivity contribution in [3.05, 3.63) is 35.4 Å². The maximum Gasteiger partial charge on any atom is 0.0451 e. The molecule has 96 valence electrons. The molecule has 0 aromatic heterocycles. The van der Waals surface area contributed by atoms with Crippen molar-refractivity contribution in [2.75, 3.05) is 0 Å². The molecule has 0 radical (unpaired) electrons. The predicted octanol–water partition coefficient (Wildman–Crippen LogP) is 4.16. The Morgan fingerprint density at radius 2 is 1.65 bits per heavy atom. The Kier molecular flexibility index (Phi) is 5.54. The number of benzene rings is 1. The largest absolute Gasteiger partial charge is 0.327 e. The van der Waals surface area contributed by atoms with Crippen LogP contribution in [0.25, 0.3) is 0 Å². The molecule has 1 nitrogen and oxygen atoms in total. The number of rotatable bonds is 5.